The van der Waals surface area contributed by atoms with E-state index in [1.165, 1.54) is 43.7 Å². The lowest BCUT2D eigenvalue weighted by atomic mass is 10.00. The van der Waals surface area contributed by atoms with Crippen LogP contribution in [-0.4, -0.2) is 48.6 Å². The molecule has 1 heterocycles. The quantitative estimate of drug-likeness (QED) is 0.874. The van der Waals surface area contributed by atoms with Gasteiger partial charge in [0.25, 0.3) is 0 Å². The van der Waals surface area contributed by atoms with E-state index in [1.807, 2.05) is 0 Å². The van der Waals surface area contributed by atoms with E-state index in [4.69, 9.17) is 5.73 Å². The van der Waals surface area contributed by atoms with Gasteiger partial charge in [-0.1, -0.05) is 38.1 Å². The molecular weight excluding hydrogens is 258 g/mol. The van der Waals surface area contributed by atoms with Gasteiger partial charge in [-0.05, 0) is 36.9 Å². The fraction of sp³-hybridized carbons (Fsp3) is 0.667. The van der Waals surface area contributed by atoms with Crippen LogP contribution in [-0.2, 0) is 6.54 Å². The van der Waals surface area contributed by atoms with E-state index in [0.29, 0.717) is 5.92 Å². The van der Waals surface area contributed by atoms with Crippen molar-refractivity contribution in [3.63, 3.8) is 0 Å². The van der Waals surface area contributed by atoms with Crippen LogP contribution in [0.2, 0.25) is 0 Å². The summed E-state index contributed by atoms with van der Waals surface area (Å²) in [4.78, 5) is 5.18. The van der Waals surface area contributed by atoms with E-state index in [1.54, 1.807) is 0 Å². The van der Waals surface area contributed by atoms with Crippen LogP contribution in [0.15, 0.2) is 24.3 Å². The minimum atomic E-state index is 0.457. The molecule has 0 saturated carbocycles. The molecule has 0 aliphatic carbocycles. The van der Waals surface area contributed by atoms with E-state index >= 15 is 0 Å². The van der Waals surface area contributed by atoms with E-state index in [-0.39, 0.29) is 0 Å². The topological polar surface area (TPSA) is 32.5 Å². The van der Waals surface area contributed by atoms with Crippen LogP contribution in [0.3, 0.4) is 0 Å². The first-order valence-electron chi connectivity index (χ1n) is 8.39. The molecule has 21 heavy (non-hydrogen) atoms. The maximum absolute atomic E-state index is 5.73. The highest BCUT2D eigenvalue weighted by Crippen LogP contribution is 2.16. The lowest BCUT2D eigenvalue weighted by molar-refractivity contribution is 0.0963. The molecule has 2 rings (SSSR count). The van der Waals surface area contributed by atoms with Crippen LogP contribution in [0.5, 0.6) is 0 Å². The van der Waals surface area contributed by atoms with Crippen LogP contribution in [0.25, 0.3) is 0 Å². The summed E-state index contributed by atoms with van der Waals surface area (Å²) < 4.78 is 0. The monoisotopic (exact) mass is 289 g/mol. The Bertz CT molecular complexity index is 407. The summed E-state index contributed by atoms with van der Waals surface area (Å²) in [6.45, 7) is 13.4. The first-order chi connectivity index (χ1) is 10.1. The summed E-state index contributed by atoms with van der Waals surface area (Å²) in [5.41, 5.74) is 8.49. The predicted molar refractivity (Wildman–Crippen MR) is 90.5 cm³/mol. The first kappa shape index (κ1) is 16.5. The van der Waals surface area contributed by atoms with Gasteiger partial charge in [-0.2, -0.15) is 0 Å². The van der Waals surface area contributed by atoms with Gasteiger partial charge in [-0.15, -0.1) is 0 Å². The van der Waals surface area contributed by atoms with Crippen molar-refractivity contribution in [3.8, 4) is 0 Å². The Labute approximate surface area is 130 Å². The highest BCUT2D eigenvalue weighted by molar-refractivity contribution is 5.25. The van der Waals surface area contributed by atoms with Gasteiger partial charge in [0.2, 0.25) is 0 Å². The van der Waals surface area contributed by atoms with Crippen LogP contribution in [0, 0.1) is 0 Å². The van der Waals surface area contributed by atoms with E-state index in [9.17, 15) is 0 Å². The van der Waals surface area contributed by atoms with Gasteiger partial charge in [-0.25, -0.2) is 0 Å². The van der Waals surface area contributed by atoms with E-state index in [0.717, 1.165) is 19.1 Å². The Morgan fingerprint density at radius 3 is 2.19 bits per heavy atom. The van der Waals surface area contributed by atoms with Crippen LogP contribution in [0.1, 0.15) is 44.2 Å². The number of piperazine rings is 1. The molecule has 1 aromatic carbocycles. The second-order valence-corrected chi connectivity index (χ2v) is 6.45. The molecule has 1 saturated heterocycles. The van der Waals surface area contributed by atoms with Gasteiger partial charge in [0.1, 0.15) is 0 Å². The second kappa shape index (κ2) is 7.92. The van der Waals surface area contributed by atoms with Gasteiger partial charge < -0.3 is 5.73 Å². The number of nitrogens with two attached hydrogens (primary N) is 1. The molecule has 1 aliphatic rings. The Morgan fingerprint density at radius 2 is 1.67 bits per heavy atom. The highest BCUT2D eigenvalue weighted by atomic mass is 15.3. The van der Waals surface area contributed by atoms with Crippen molar-refractivity contribution in [2.45, 2.75) is 45.7 Å². The zero-order chi connectivity index (χ0) is 15.2. The largest absolute Gasteiger partial charge is 0.330 e. The summed E-state index contributed by atoms with van der Waals surface area (Å²) in [5, 5.41) is 0. The summed E-state index contributed by atoms with van der Waals surface area (Å²) in [6, 6.07) is 9.74. The smallest absolute Gasteiger partial charge is 0.0234 e. The fourth-order valence-electron chi connectivity index (χ4n) is 2.97. The molecule has 118 valence electrons. The molecule has 1 aromatic rings. The summed E-state index contributed by atoms with van der Waals surface area (Å²) in [6.07, 6.45) is 1.25. The van der Waals surface area contributed by atoms with Gasteiger partial charge in [0.15, 0.2) is 0 Å². The lowest BCUT2D eigenvalue weighted by Gasteiger charge is -2.37. The molecular formula is C18H31N3. The maximum Gasteiger partial charge on any atom is 0.0234 e. The molecule has 0 aromatic heterocycles. The van der Waals surface area contributed by atoms with Crippen molar-refractivity contribution in [1.29, 1.82) is 0 Å². The molecule has 2 atom stereocenters. The molecule has 1 fully saturated rings. The third kappa shape index (κ3) is 4.53. The van der Waals surface area contributed by atoms with Crippen molar-refractivity contribution in [2.75, 3.05) is 32.7 Å². The molecule has 3 heteroatoms. The molecule has 2 unspecified atom stereocenters. The fourth-order valence-corrected chi connectivity index (χ4v) is 2.97. The summed E-state index contributed by atoms with van der Waals surface area (Å²) in [7, 11) is 0. The number of benzene rings is 1. The molecule has 0 radical (unpaired) electrons. The minimum Gasteiger partial charge on any atom is -0.330 e. The van der Waals surface area contributed by atoms with E-state index in [2.05, 4.69) is 54.8 Å². The molecule has 0 spiro atoms. The standard InChI is InChI=1S/C18H31N3/c1-4-16(3)21-11-9-20(10-12-21)14-17-5-7-18(8-6-17)15(2)13-19/h5-8,15-16H,4,9-14,19H2,1-3H3. The Balaban J connectivity index is 1.83. The van der Waals surface area contributed by atoms with Gasteiger partial charge >= 0.3 is 0 Å². The molecule has 1 aliphatic heterocycles. The Kier molecular flexibility index (Phi) is 6.22. The van der Waals surface area contributed by atoms with Crippen molar-refractivity contribution in [2.24, 2.45) is 5.73 Å². The van der Waals surface area contributed by atoms with Gasteiger partial charge in [0, 0.05) is 38.8 Å². The van der Waals surface area contributed by atoms with Crippen molar-refractivity contribution >= 4 is 0 Å². The Morgan fingerprint density at radius 1 is 1.05 bits per heavy atom. The predicted octanol–water partition coefficient (Wildman–Crippen LogP) is 2.66. The average Bonchev–Trinajstić information content (AvgIpc) is 2.55. The normalized spacial score (nSPS) is 20.4. The Hall–Kier alpha value is -0.900. The van der Waals surface area contributed by atoms with E-state index < -0.39 is 0 Å². The zero-order valence-corrected chi connectivity index (χ0v) is 13.9. The number of hydrogen-bond acceptors (Lipinski definition) is 3. The number of rotatable bonds is 6. The molecule has 0 bridgehead atoms. The molecule has 3 nitrogen and oxygen atoms in total. The third-order valence-corrected chi connectivity index (χ3v) is 4.93. The number of hydrogen-bond donors (Lipinski definition) is 1. The lowest BCUT2D eigenvalue weighted by Crippen LogP contribution is -2.48. The van der Waals surface area contributed by atoms with Crippen molar-refractivity contribution < 1.29 is 0 Å². The SMILES string of the molecule is CCC(C)N1CCN(Cc2ccc(C(C)CN)cc2)CC1. The molecule has 0 amide bonds. The van der Waals surface area contributed by atoms with Gasteiger partial charge in [0.05, 0.1) is 0 Å². The maximum atomic E-state index is 5.73. The van der Waals surface area contributed by atoms with Crippen LogP contribution < -0.4 is 5.73 Å². The summed E-state index contributed by atoms with van der Waals surface area (Å²) in [5.74, 6) is 0.457. The zero-order valence-electron chi connectivity index (χ0n) is 13.9. The average molecular weight is 289 g/mol. The first-order valence-corrected chi connectivity index (χ1v) is 8.39. The van der Waals surface area contributed by atoms with Crippen LogP contribution >= 0.6 is 0 Å². The molecule has 2 N–H and O–H groups in total. The number of nitrogens with zero attached hydrogens (tertiary/aromatic N) is 2. The van der Waals surface area contributed by atoms with Crippen molar-refractivity contribution in [1.82, 2.24) is 9.80 Å². The highest BCUT2D eigenvalue weighted by Gasteiger charge is 2.19. The minimum absolute atomic E-state index is 0.457. The van der Waals surface area contributed by atoms with Gasteiger partial charge in [-0.3, -0.25) is 9.80 Å². The van der Waals surface area contributed by atoms with Crippen molar-refractivity contribution in [3.05, 3.63) is 35.4 Å². The second-order valence-electron chi connectivity index (χ2n) is 6.45. The third-order valence-electron chi connectivity index (χ3n) is 4.93. The van der Waals surface area contributed by atoms with Crippen LogP contribution in [0.4, 0.5) is 0 Å². The summed E-state index contributed by atoms with van der Waals surface area (Å²) >= 11 is 0.